The zero-order chi connectivity index (χ0) is 25.1. The van der Waals surface area contributed by atoms with Gasteiger partial charge in [0.1, 0.15) is 11.8 Å². The van der Waals surface area contributed by atoms with Crippen LogP contribution in [0.5, 0.6) is 5.75 Å². The Morgan fingerprint density at radius 3 is 2.44 bits per heavy atom. The second kappa shape index (κ2) is 13.6. The molecule has 8 nitrogen and oxygen atoms in total. The van der Waals surface area contributed by atoms with Crippen LogP contribution in [-0.4, -0.2) is 47.1 Å². The van der Waals surface area contributed by atoms with Gasteiger partial charge in [-0.05, 0) is 35.6 Å². The maximum absolute atomic E-state index is 13.3. The van der Waals surface area contributed by atoms with Crippen LogP contribution in [0, 0.1) is 16.0 Å². The third kappa shape index (κ3) is 8.37. The van der Waals surface area contributed by atoms with Crippen LogP contribution < -0.4 is 10.1 Å². The summed E-state index contributed by atoms with van der Waals surface area (Å²) in [6, 6.07) is 13.2. The minimum atomic E-state index is -0.586. The number of carbonyl (C=O) groups excluding carboxylic acids is 2. The molecular weight excluding hydrogens is 454 g/mol. The molecule has 9 heteroatoms. The largest absolute Gasteiger partial charge is 0.497 e. The predicted molar refractivity (Wildman–Crippen MR) is 135 cm³/mol. The molecule has 0 aliphatic heterocycles. The summed E-state index contributed by atoms with van der Waals surface area (Å²) in [5.41, 5.74) is 1.81. The first-order chi connectivity index (χ1) is 16.2. The Hall–Kier alpha value is -3.07. The average Bonchev–Trinajstić information content (AvgIpc) is 2.82. The van der Waals surface area contributed by atoms with Gasteiger partial charge in [-0.15, -0.1) is 11.8 Å². The van der Waals surface area contributed by atoms with Crippen molar-refractivity contribution in [2.75, 3.05) is 19.4 Å². The molecule has 0 radical (unpaired) electrons. The van der Waals surface area contributed by atoms with Crippen molar-refractivity contribution in [2.45, 2.75) is 45.5 Å². The van der Waals surface area contributed by atoms with Crippen LogP contribution in [0.4, 0.5) is 5.69 Å². The van der Waals surface area contributed by atoms with Crippen molar-refractivity contribution < 1.29 is 19.2 Å². The van der Waals surface area contributed by atoms with Gasteiger partial charge in [-0.2, -0.15) is 0 Å². The van der Waals surface area contributed by atoms with E-state index in [0.717, 1.165) is 11.1 Å². The lowest BCUT2D eigenvalue weighted by atomic mass is 10.1. The number of carbonyl (C=O) groups is 2. The Morgan fingerprint density at radius 2 is 1.85 bits per heavy atom. The van der Waals surface area contributed by atoms with Gasteiger partial charge in [0.25, 0.3) is 5.69 Å². The van der Waals surface area contributed by atoms with Crippen molar-refractivity contribution in [3.8, 4) is 5.75 Å². The maximum Gasteiger partial charge on any atom is 0.269 e. The molecule has 0 saturated carbocycles. The number of hydrogen-bond acceptors (Lipinski definition) is 6. The number of nitro benzene ring substituents is 1. The molecule has 0 aromatic heterocycles. The van der Waals surface area contributed by atoms with E-state index in [-0.39, 0.29) is 23.3 Å². The first-order valence-electron chi connectivity index (χ1n) is 11.3. The van der Waals surface area contributed by atoms with E-state index in [1.165, 1.54) is 23.9 Å². The van der Waals surface area contributed by atoms with Gasteiger partial charge in [-0.25, -0.2) is 0 Å². The number of amides is 2. The normalized spacial score (nSPS) is 11.7. The molecular formula is C25H33N3O5S. The Balaban J connectivity index is 2.13. The van der Waals surface area contributed by atoms with E-state index in [1.807, 2.05) is 45.0 Å². The standard InChI is InChI=1S/C25H33N3O5S/c1-5-23(25(30)26-14-18(2)3)27(15-20-7-6-8-22(13-20)33-4)24(29)17-34-16-19-9-11-21(12-10-19)28(31)32/h6-13,18,23H,5,14-17H2,1-4H3,(H,26,30)/t23-/m1/s1. The molecule has 0 saturated heterocycles. The SMILES string of the molecule is CC[C@H](C(=O)NCC(C)C)N(Cc1cccc(OC)c1)C(=O)CSCc1ccc([N+](=O)[O-])cc1. The summed E-state index contributed by atoms with van der Waals surface area (Å²) in [5.74, 6) is 1.42. The molecule has 1 atom stereocenters. The number of hydrogen-bond donors (Lipinski definition) is 1. The predicted octanol–water partition coefficient (Wildman–Crippen LogP) is 4.42. The zero-order valence-electron chi connectivity index (χ0n) is 20.2. The van der Waals surface area contributed by atoms with E-state index < -0.39 is 11.0 Å². The number of nitrogens with one attached hydrogen (secondary N) is 1. The van der Waals surface area contributed by atoms with E-state index in [1.54, 1.807) is 24.1 Å². The van der Waals surface area contributed by atoms with Crippen LogP contribution in [0.1, 0.15) is 38.3 Å². The van der Waals surface area contributed by atoms with Gasteiger partial charge in [0, 0.05) is 31.0 Å². The first-order valence-corrected chi connectivity index (χ1v) is 12.4. The van der Waals surface area contributed by atoms with Crippen LogP contribution in [0.2, 0.25) is 0 Å². The number of methoxy groups -OCH3 is 1. The summed E-state index contributed by atoms with van der Waals surface area (Å²) in [7, 11) is 1.59. The number of rotatable bonds is 13. The molecule has 2 aromatic carbocycles. The Labute approximate surface area is 205 Å². The van der Waals surface area contributed by atoms with E-state index in [0.29, 0.717) is 36.9 Å². The highest BCUT2D eigenvalue weighted by molar-refractivity contribution is 7.99. The molecule has 1 N–H and O–H groups in total. The van der Waals surface area contributed by atoms with Gasteiger partial charge in [0.05, 0.1) is 17.8 Å². The molecule has 2 rings (SSSR count). The third-order valence-electron chi connectivity index (χ3n) is 5.20. The van der Waals surface area contributed by atoms with Crippen molar-refractivity contribution in [3.05, 3.63) is 69.8 Å². The average molecular weight is 488 g/mol. The van der Waals surface area contributed by atoms with Gasteiger partial charge in [-0.1, -0.05) is 45.0 Å². The lowest BCUT2D eigenvalue weighted by molar-refractivity contribution is -0.384. The Morgan fingerprint density at radius 1 is 1.15 bits per heavy atom. The second-order valence-corrected chi connectivity index (χ2v) is 9.34. The van der Waals surface area contributed by atoms with Crippen molar-refractivity contribution in [1.82, 2.24) is 10.2 Å². The van der Waals surface area contributed by atoms with Crippen LogP contribution in [0.3, 0.4) is 0 Å². The van der Waals surface area contributed by atoms with Gasteiger partial charge < -0.3 is 15.0 Å². The van der Waals surface area contributed by atoms with Crippen LogP contribution in [-0.2, 0) is 21.9 Å². The topological polar surface area (TPSA) is 102 Å². The molecule has 184 valence electrons. The number of non-ortho nitro benzene ring substituents is 1. The fourth-order valence-electron chi connectivity index (χ4n) is 3.36. The second-order valence-electron chi connectivity index (χ2n) is 8.35. The van der Waals surface area contributed by atoms with Crippen LogP contribution in [0.25, 0.3) is 0 Å². The van der Waals surface area contributed by atoms with E-state index in [9.17, 15) is 19.7 Å². The molecule has 0 heterocycles. The lowest BCUT2D eigenvalue weighted by Gasteiger charge is -2.31. The summed E-state index contributed by atoms with van der Waals surface area (Å²) < 4.78 is 5.30. The highest BCUT2D eigenvalue weighted by Crippen LogP contribution is 2.21. The van der Waals surface area contributed by atoms with Crippen molar-refractivity contribution >= 4 is 29.3 Å². The third-order valence-corrected chi connectivity index (χ3v) is 6.19. The van der Waals surface area contributed by atoms with Crippen LogP contribution >= 0.6 is 11.8 Å². The maximum atomic E-state index is 13.3. The summed E-state index contributed by atoms with van der Waals surface area (Å²) in [5, 5.41) is 13.8. The van der Waals surface area contributed by atoms with Crippen LogP contribution in [0.15, 0.2) is 48.5 Å². The summed E-state index contributed by atoms with van der Waals surface area (Å²) >= 11 is 1.42. The zero-order valence-corrected chi connectivity index (χ0v) is 21.0. The van der Waals surface area contributed by atoms with Gasteiger partial charge in [-0.3, -0.25) is 19.7 Å². The van der Waals surface area contributed by atoms with E-state index in [2.05, 4.69) is 5.32 Å². The molecule has 0 spiro atoms. The summed E-state index contributed by atoms with van der Waals surface area (Å²) in [6.45, 7) is 6.78. The Bertz CT molecular complexity index is 965. The van der Waals surface area contributed by atoms with Gasteiger partial charge in [0.15, 0.2) is 0 Å². The minimum Gasteiger partial charge on any atom is -0.497 e. The van der Waals surface area contributed by atoms with Crippen molar-refractivity contribution in [1.29, 1.82) is 0 Å². The smallest absolute Gasteiger partial charge is 0.269 e. The summed E-state index contributed by atoms with van der Waals surface area (Å²) in [4.78, 5) is 38.2. The molecule has 0 bridgehead atoms. The number of ether oxygens (including phenoxy) is 1. The molecule has 2 aromatic rings. The highest BCUT2D eigenvalue weighted by Gasteiger charge is 2.28. The number of nitro groups is 1. The molecule has 0 unspecified atom stereocenters. The molecule has 34 heavy (non-hydrogen) atoms. The quantitative estimate of drug-likeness (QED) is 0.332. The number of thioether (sulfide) groups is 1. The van der Waals surface area contributed by atoms with Gasteiger partial charge >= 0.3 is 0 Å². The first kappa shape index (κ1) is 27.2. The lowest BCUT2D eigenvalue weighted by Crippen LogP contribution is -2.50. The van der Waals surface area contributed by atoms with E-state index >= 15 is 0 Å². The van der Waals surface area contributed by atoms with Crippen molar-refractivity contribution in [2.24, 2.45) is 5.92 Å². The minimum absolute atomic E-state index is 0.0347. The van der Waals surface area contributed by atoms with E-state index in [4.69, 9.17) is 4.74 Å². The number of benzene rings is 2. The fraction of sp³-hybridized carbons (Fsp3) is 0.440. The van der Waals surface area contributed by atoms with Gasteiger partial charge in [0.2, 0.25) is 11.8 Å². The highest BCUT2D eigenvalue weighted by atomic mass is 32.2. The molecule has 0 aliphatic carbocycles. The number of nitrogens with zero attached hydrogens (tertiary/aromatic N) is 2. The molecule has 0 fully saturated rings. The summed E-state index contributed by atoms with van der Waals surface area (Å²) in [6.07, 6.45) is 0.493. The molecule has 2 amide bonds. The monoisotopic (exact) mass is 487 g/mol. The fourth-order valence-corrected chi connectivity index (χ4v) is 4.23. The van der Waals surface area contributed by atoms with Crippen molar-refractivity contribution in [3.63, 3.8) is 0 Å². The molecule has 0 aliphatic rings. The Kier molecular flexibility index (Phi) is 10.9.